The van der Waals surface area contributed by atoms with Gasteiger partial charge in [-0.1, -0.05) is 6.07 Å². The number of aryl methyl sites for hydroxylation is 1. The molecule has 0 saturated carbocycles. The zero-order valence-corrected chi connectivity index (χ0v) is 12.6. The second kappa shape index (κ2) is 6.46. The molecule has 1 spiro atoms. The Morgan fingerprint density at radius 3 is 3.25 bits per heavy atom. The Kier molecular flexibility index (Phi) is 4.64. The van der Waals surface area contributed by atoms with Crippen molar-refractivity contribution in [2.45, 2.75) is 43.8 Å². The highest BCUT2D eigenvalue weighted by Crippen LogP contribution is 2.41. The lowest BCUT2D eigenvalue weighted by atomic mass is 9.81. The van der Waals surface area contributed by atoms with Gasteiger partial charge in [-0.3, -0.25) is 4.98 Å². The van der Waals surface area contributed by atoms with Gasteiger partial charge in [0.05, 0.1) is 11.7 Å². The smallest absolute Gasteiger partial charge is 0.0783 e. The van der Waals surface area contributed by atoms with E-state index in [2.05, 4.69) is 11.1 Å². The van der Waals surface area contributed by atoms with Crippen LogP contribution in [0.4, 0.5) is 0 Å². The van der Waals surface area contributed by atoms with E-state index in [4.69, 9.17) is 4.74 Å². The normalized spacial score (nSPS) is 31.6. The molecule has 0 aromatic carbocycles. The van der Waals surface area contributed by atoms with Crippen LogP contribution in [0.3, 0.4) is 0 Å². The van der Waals surface area contributed by atoms with Gasteiger partial charge in [0.15, 0.2) is 0 Å². The van der Waals surface area contributed by atoms with E-state index in [0.29, 0.717) is 5.92 Å². The number of hydrogen-bond donors (Lipinski definition) is 1. The number of pyridine rings is 1. The lowest BCUT2D eigenvalue weighted by Crippen LogP contribution is -2.43. The van der Waals surface area contributed by atoms with Gasteiger partial charge in [-0.25, -0.2) is 0 Å². The molecule has 3 unspecified atom stereocenters. The molecular formula is C16H23NO2S. The van der Waals surface area contributed by atoms with Crippen LogP contribution in [-0.2, 0) is 11.2 Å². The van der Waals surface area contributed by atoms with Crippen LogP contribution in [0.5, 0.6) is 0 Å². The monoisotopic (exact) mass is 293 g/mol. The summed E-state index contributed by atoms with van der Waals surface area (Å²) in [6.45, 7) is 0.815. The van der Waals surface area contributed by atoms with Crippen LogP contribution in [0.15, 0.2) is 24.5 Å². The van der Waals surface area contributed by atoms with Gasteiger partial charge < -0.3 is 9.84 Å². The number of aromatic nitrogens is 1. The molecule has 0 amide bonds. The number of aliphatic hydroxyl groups is 1. The van der Waals surface area contributed by atoms with Crippen molar-refractivity contribution >= 4 is 11.8 Å². The minimum absolute atomic E-state index is 0.0723. The third-order valence-electron chi connectivity index (χ3n) is 4.59. The van der Waals surface area contributed by atoms with Crippen LogP contribution in [0.25, 0.3) is 0 Å². The van der Waals surface area contributed by atoms with Crippen molar-refractivity contribution in [1.82, 2.24) is 4.98 Å². The Labute approximate surface area is 125 Å². The van der Waals surface area contributed by atoms with Crippen molar-refractivity contribution in [2.75, 3.05) is 18.1 Å². The third kappa shape index (κ3) is 3.35. The molecule has 1 aromatic rings. The molecule has 3 nitrogen and oxygen atoms in total. The van der Waals surface area contributed by atoms with Crippen LogP contribution >= 0.6 is 11.8 Å². The van der Waals surface area contributed by atoms with Gasteiger partial charge in [-0.2, -0.15) is 11.8 Å². The Morgan fingerprint density at radius 2 is 2.50 bits per heavy atom. The van der Waals surface area contributed by atoms with Crippen molar-refractivity contribution in [3.63, 3.8) is 0 Å². The Hall–Kier alpha value is -0.580. The fourth-order valence-electron chi connectivity index (χ4n) is 3.35. The number of nitrogens with zero attached hydrogens (tertiary/aromatic N) is 1. The molecule has 2 saturated heterocycles. The topological polar surface area (TPSA) is 42.4 Å². The van der Waals surface area contributed by atoms with Crippen LogP contribution in [0.2, 0.25) is 0 Å². The molecule has 1 N–H and O–H groups in total. The lowest BCUT2D eigenvalue weighted by Gasteiger charge is -2.39. The van der Waals surface area contributed by atoms with Gasteiger partial charge in [0.1, 0.15) is 0 Å². The van der Waals surface area contributed by atoms with Crippen molar-refractivity contribution in [1.29, 1.82) is 0 Å². The maximum atomic E-state index is 10.5. The zero-order chi connectivity index (χ0) is 13.8. The molecule has 20 heavy (non-hydrogen) atoms. The molecule has 110 valence electrons. The Balaban J connectivity index is 1.53. The predicted molar refractivity (Wildman–Crippen MR) is 81.9 cm³/mol. The van der Waals surface area contributed by atoms with E-state index >= 15 is 0 Å². The van der Waals surface area contributed by atoms with Crippen molar-refractivity contribution in [3.05, 3.63) is 30.1 Å². The second-order valence-corrected chi connectivity index (χ2v) is 7.16. The summed E-state index contributed by atoms with van der Waals surface area (Å²) in [5.74, 6) is 2.72. The minimum Gasteiger partial charge on any atom is -0.393 e. The van der Waals surface area contributed by atoms with Gasteiger partial charge in [-0.15, -0.1) is 0 Å². The molecule has 3 heterocycles. The lowest BCUT2D eigenvalue weighted by molar-refractivity contribution is -0.102. The van der Waals surface area contributed by atoms with Gasteiger partial charge in [0.25, 0.3) is 0 Å². The first-order valence-corrected chi connectivity index (χ1v) is 8.72. The van der Waals surface area contributed by atoms with Gasteiger partial charge in [0, 0.05) is 24.8 Å². The molecule has 4 heteroatoms. The molecule has 2 aliphatic heterocycles. The van der Waals surface area contributed by atoms with Crippen LogP contribution in [-0.4, -0.2) is 39.9 Å². The average Bonchev–Trinajstić information content (AvgIpc) is 2.93. The summed E-state index contributed by atoms with van der Waals surface area (Å²) in [7, 11) is 0. The van der Waals surface area contributed by atoms with Gasteiger partial charge >= 0.3 is 0 Å². The third-order valence-corrected chi connectivity index (χ3v) is 5.82. The molecule has 0 bridgehead atoms. The van der Waals surface area contributed by atoms with E-state index in [1.54, 1.807) is 6.20 Å². The summed E-state index contributed by atoms with van der Waals surface area (Å²) in [5, 5.41) is 10.5. The number of hydrogen-bond acceptors (Lipinski definition) is 4. The molecule has 0 aliphatic carbocycles. The van der Waals surface area contributed by atoms with Crippen LogP contribution in [0, 0.1) is 5.92 Å². The summed E-state index contributed by atoms with van der Waals surface area (Å²) in [6.07, 6.45) is 8.42. The molecule has 3 rings (SSSR count). The number of thioether (sulfide) groups is 1. The Morgan fingerprint density at radius 1 is 1.55 bits per heavy atom. The van der Waals surface area contributed by atoms with Crippen LogP contribution < -0.4 is 0 Å². The van der Waals surface area contributed by atoms with E-state index in [-0.39, 0.29) is 11.7 Å². The quantitative estimate of drug-likeness (QED) is 0.927. The fourth-order valence-corrected chi connectivity index (χ4v) is 4.73. The predicted octanol–water partition coefficient (Wildman–Crippen LogP) is 2.68. The van der Waals surface area contributed by atoms with E-state index < -0.39 is 0 Å². The largest absolute Gasteiger partial charge is 0.393 e. The highest BCUT2D eigenvalue weighted by Gasteiger charge is 2.42. The summed E-state index contributed by atoms with van der Waals surface area (Å²) in [5.41, 5.74) is 1.29. The second-order valence-electron chi connectivity index (χ2n) is 6.05. The Bertz CT molecular complexity index is 420. The van der Waals surface area contributed by atoms with E-state index in [9.17, 15) is 5.11 Å². The molecule has 1 aromatic heterocycles. The first kappa shape index (κ1) is 14.4. The highest BCUT2D eigenvalue weighted by atomic mass is 32.2. The number of aliphatic hydroxyl groups excluding tert-OH is 1. The van der Waals surface area contributed by atoms with Crippen molar-refractivity contribution in [3.8, 4) is 0 Å². The number of ether oxygens (including phenoxy) is 1. The first-order chi connectivity index (χ1) is 9.77. The summed E-state index contributed by atoms with van der Waals surface area (Å²) >= 11 is 1.99. The molecular weight excluding hydrogens is 270 g/mol. The zero-order valence-electron chi connectivity index (χ0n) is 11.8. The fraction of sp³-hybridized carbons (Fsp3) is 0.688. The van der Waals surface area contributed by atoms with Crippen molar-refractivity contribution < 1.29 is 9.84 Å². The average molecular weight is 293 g/mol. The van der Waals surface area contributed by atoms with E-state index in [1.807, 2.05) is 24.0 Å². The maximum Gasteiger partial charge on any atom is 0.0783 e. The van der Waals surface area contributed by atoms with E-state index in [0.717, 1.165) is 44.5 Å². The van der Waals surface area contributed by atoms with E-state index in [1.165, 1.54) is 11.3 Å². The molecule has 2 aliphatic rings. The minimum atomic E-state index is -0.207. The number of rotatable bonds is 4. The summed E-state index contributed by atoms with van der Waals surface area (Å²) in [4.78, 5) is 4.13. The summed E-state index contributed by atoms with van der Waals surface area (Å²) in [6, 6.07) is 4.04. The molecule has 2 fully saturated rings. The molecule has 0 radical (unpaired) electrons. The maximum absolute atomic E-state index is 10.5. The SMILES string of the molecule is OC(CCc1cccnc1)C1CCOC2(CCSC2)C1. The van der Waals surface area contributed by atoms with Gasteiger partial charge in [-0.05, 0) is 55.4 Å². The standard InChI is InChI=1S/C16H23NO2S/c18-15(4-3-13-2-1-7-17-11-13)14-5-8-19-16(10-14)6-9-20-12-16/h1-2,7,11,14-15,18H,3-6,8-10,12H2. The first-order valence-electron chi connectivity index (χ1n) is 7.56. The summed E-state index contributed by atoms with van der Waals surface area (Å²) < 4.78 is 6.03. The molecule has 3 atom stereocenters. The van der Waals surface area contributed by atoms with Crippen molar-refractivity contribution in [2.24, 2.45) is 5.92 Å². The highest BCUT2D eigenvalue weighted by molar-refractivity contribution is 7.99. The van der Waals surface area contributed by atoms with Gasteiger partial charge in [0.2, 0.25) is 0 Å². The van der Waals surface area contributed by atoms with Crippen LogP contribution in [0.1, 0.15) is 31.2 Å².